The molecule has 1 amide bonds. The van der Waals surface area contributed by atoms with Gasteiger partial charge in [0.2, 0.25) is 5.91 Å². The molecule has 1 unspecified atom stereocenters. The molecule has 0 bridgehead atoms. The number of hydrogen-bond donors (Lipinski definition) is 1. The lowest BCUT2D eigenvalue weighted by atomic mass is 9.95. The first-order valence-corrected chi connectivity index (χ1v) is 6.43. The second-order valence-corrected chi connectivity index (χ2v) is 5.33. The number of carbonyl (C=O) groups excluding carboxylic acids is 1. The van der Waals surface area contributed by atoms with Gasteiger partial charge in [0.15, 0.2) is 0 Å². The van der Waals surface area contributed by atoms with Crippen molar-refractivity contribution < 1.29 is 14.7 Å². The topological polar surface area (TPSA) is 70.5 Å². The van der Waals surface area contributed by atoms with Gasteiger partial charge in [0.25, 0.3) is 0 Å². The van der Waals surface area contributed by atoms with Crippen molar-refractivity contribution in [1.82, 2.24) is 9.88 Å². The van der Waals surface area contributed by atoms with Gasteiger partial charge in [-0.25, -0.2) is 4.79 Å². The van der Waals surface area contributed by atoms with Crippen LogP contribution in [0.25, 0.3) is 0 Å². The predicted molar refractivity (Wildman–Crippen MR) is 69.6 cm³/mol. The van der Waals surface area contributed by atoms with E-state index in [0.29, 0.717) is 24.8 Å². The number of nitrogens with zero attached hydrogens (tertiary/aromatic N) is 2. The molecular formula is C14H18N2O3. The fourth-order valence-corrected chi connectivity index (χ4v) is 2.24. The van der Waals surface area contributed by atoms with Crippen LogP contribution in [0, 0.1) is 11.8 Å². The summed E-state index contributed by atoms with van der Waals surface area (Å²) in [5, 5.41) is 8.79. The number of hydrogen-bond acceptors (Lipinski definition) is 3. The van der Waals surface area contributed by atoms with Crippen molar-refractivity contribution in [2.24, 2.45) is 11.8 Å². The van der Waals surface area contributed by atoms with Crippen LogP contribution in [0.4, 0.5) is 0 Å². The van der Waals surface area contributed by atoms with E-state index < -0.39 is 5.97 Å². The molecule has 2 rings (SSSR count). The molecule has 0 aromatic carbocycles. The van der Waals surface area contributed by atoms with Crippen LogP contribution in [0.2, 0.25) is 0 Å². The molecule has 1 aromatic rings. The first-order valence-electron chi connectivity index (χ1n) is 6.43. The summed E-state index contributed by atoms with van der Waals surface area (Å²) in [7, 11) is 0. The van der Waals surface area contributed by atoms with E-state index in [1.807, 2.05) is 0 Å². The van der Waals surface area contributed by atoms with Gasteiger partial charge in [-0.2, -0.15) is 0 Å². The second kappa shape index (κ2) is 5.38. The number of carboxylic acid groups (broad SMARTS) is 1. The number of carboxylic acids is 1. The smallest absolute Gasteiger partial charge is 0.337 e. The first kappa shape index (κ1) is 13.5. The number of likely N-dealkylation sites (tertiary alicyclic amines) is 1. The fraction of sp³-hybridized carbons (Fsp3) is 0.500. The van der Waals surface area contributed by atoms with E-state index in [2.05, 4.69) is 18.8 Å². The molecule has 1 fully saturated rings. The highest BCUT2D eigenvalue weighted by atomic mass is 16.4. The number of pyridine rings is 1. The number of aromatic nitrogens is 1. The van der Waals surface area contributed by atoms with Gasteiger partial charge in [0.05, 0.1) is 17.8 Å². The van der Waals surface area contributed by atoms with Crippen LogP contribution in [0.1, 0.15) is 36.3 Å². The van der Waals surface area contributed by atoms with Crippen LogP contribution in [0.5, 0.6) is 0 Å². The van der Waals surface area contributed by atoms with Crippen LogP contribution >= 0.6 is 0 Å². The molecule has 1 aromatic heterocycles. The van der Waals surface area contributed by atoms with E-state index >= 15 is 0 Å². The van der Waals surface area contributed by atoms with E-state index in [1.165, 1.54) is 12.3 Å². The molecule has 5 heteroatoms. The zero-order valence-electron chi connectivity index (χ0n) is 11.2. The molecule has 102 valence electrons. The maximum atomic E-state index is 11.9. The molecule has 0 spiro atoms. The van der Waals surface area contributed by atoms with Crippen LogP contribution < -0.4 is 0 Å². The van der Waals surface area contributed by atoms with E-state index in [0.717, 1.165) is 12.2 Å². The van der Waals surface area contributed by atoms with Crippen molar-refractivity contribution in [3.05, 3.63) is 29.6 Å². The molecule has 2 heterocycles. The number of rotatable bonds is 4. The van der Waals surface area contributed by atoms with Gasteiger partial charge < -0.3 is 10.0 Å². The highest BCUT2D eigenvalue weighted by molar-refractivity contribution is 5.87. The van der Waals surface area contributed by atoms with Crippen molar-refractivity contribution in [2.45, 2.75) is 26.8 Å². The van der Waals surface area contributed by atoms with Gasteiger partial charge in [-0.05, 0) is 24.0 Å². The predicted octanol–water partition coefficient (Wildman–Crippen LogP) is 1.78. The van der Waals surface area contributed by atoms with E-state index in [-0.39, 0.29) is 11.5 Å². The van der Waals surface area contributed by atoms with Crippen LogP contribution in [0.3, 0.4) is 0 Å². The summed E-state index contributed by atoms with van der Waals surface area (Å²) in [6.45, 7) is 5.48. The molecule has 1 atom stereocenters. The zero-order valence-corrected chi connectivity index (χ0v) is 11.2. The van der Waals surface area contributed by atoms with Gasteiger partial charge in [0.1, 0.15) is 0 Å². The Bertz CT molecular complexity index is 482. The normalized spacial score (nSPS) is 19.2. The summed E-state index contributed by atoms with van der Waals surface area (Å²) in [5.74, 6) is 0.0704. The molecule has 19 heavy (non-hydrogen) atoms. The van der Waals surface area contributed by atoms with E-state index in [4.69, 9.17) is 5.11 Å². The Labute approximate surface area is 112 Å². The van der Waals surface area contributed by atoms with Gasteiger partial charge in [-0.15, -0.1) is 0 Å². The van der Waals surface area contributed by atoms with Crippen LogP contribution in [-0.2, 0) is 11.3 Å². The summed E-state index contributed by atoms with van der Waals surface area (Å²) in [4.78, 5) is 28.5. The summed E-state index contributed by atoms with van der Waals surface area (Å²) < 4.78 is 0. The van der Waals surface area contributed by atoms with E-state index in [1.54, 1.807) is 11.0 Å². The standard InChI is InChI=1S/C14H18N2O3/c1-9(2)11-5-13(17)16(7-11)8-12-4-3-10(6-15-12)14(18)19/h3-4,6,9,11H,5,7-8H2,1-2H3,(H,18,19). The molecular weight excluding hydrogens is 244 g/mol. The molecule has 1 aliphatic rings. The molecule has 1 N–H and O–H groups in total. The maximum absolute atomic E-state index is 11.9. The molecule has 1 saturated heterocycles. The molecule has 0 aliphatic carbocycles. The fourth-order valence-electron chi connectivity index (χ4n) is 2.24. The Kier molecular flexibility index (Phi) is 3.83. The number of aromatic carboxylic acids is 1. The average Bonchev–Trinajstić information content (AvgIpc) is 2.72. The minimum Gasteiger partial charge on any atom is -0.478 e. The highest BCUT2D eigenvalue weighted by Crippen LogP contribution is 2.25. The van der Waals surface area contributed by atoms with Crippen molar-refractivity contribution in [3.8, 4) is 0 Å². The van der Waals surface area contributed by atoms with Gasteiger partial charge in [0, 0.05) is 19.2 Å². The van der Waals surface area contributed by atoms with Gasteiger partial charge in [-0.3, -0.25) is 9.78 Å². The van der Waals surface area contributed by atoms with Crippen molar-refractivity contribution in [2.75, 3.05) is 6.54 Å². The molecule has 1 aliphatic heterocycles. The van der Waals surface area contributed by atoms with Gasteiger partial charge >= 0.3 is 5.97 Å². The Morgan fingerprint density at radius 1 is 1.53 bits per heavy atom. The Morgan fingerprint density at radius 3 is 2.74 bits per heavy atom. The third-order valence-corrected chi connectivity index (χ3v) is 3.61. The molecule has 0 radical (unpaired) electrons. The van der Waals surface area contributed by atoms with Crippen LogP contribution in [-0.4, -0.2) is 33.4 Å². The summed E-state index contributed by atoms with van der Waals surface area (Å²) in [6.07, 6.45) is 1.93. The van der Waals surface area contributed by atoms with Crippen molar-refractivity contribution in [1.29, 1.82) is 0 Å². The lowest BCUT2D eigenvalue weighted by molar-refractivity contribution is -0.128. The van der Waals surface area contributed by atoms with Crippen molar-refractivity contribution >= 4 is 11.9 Å². The zero-order chi connectivity index (χ0) is 14.0. The lowest BCUT2D eigenvalue weighted by Crippen LogP contribution is -2.25. The van der Waals surface area contributed by atoms with Crippen molar-refractivity contribution in [3.63, 3.8) is 0 Å². The minimum absolute atomic E-state index is 0.155. The monoisotopic (exact) mass is 262 g/mol. The van der Waals surface area contributed by atoms with Crippen LogP contribution in [0.15, 0.2) is 18.3 Å². The maximum Gasteiger partial charge on any atom is 0.337 e. The number of amides is 1. The summed E-state index contributed by atoms with van der Waals surface area (Å²) >= 11 is 0. The quantitative estimate of drug-likeness (QED) is 0.898. The van der Waals surface area contributed by atoms with Gasteiger partial charge in [-0.1, -0.05) is 13.8 Å². The third kappa shape index (κ3) is 3.10. The highest BCUT2D eigenvalue weighted by Gasteiger charge is 2.31. The van der Waals surface area contributed by atoms with E-state index in [9.17, 15) is 9.59 Å². The second-order valence-electron chi connectivity index (χ2n) is 5.33. The SMILES string of the molecule is CC(C)C1CC(=O)N(Cc2ccc(C(=O)O)cn2)C1. The molecule has 0 saturated carbocycles. The minimum atomic E-state index is -0.990. The lowest BCUT2D eigenvalue weighted by Gasteiger charge is -2.17. The summed E-state index contributed by atoms with van der Waals surface area (Å²) in [5.41, 5.74) is 0.888. The summed E-state index contributed by atoms with van der Waals surface area (Å²) in [6, 6.07) is 3.19. The number of carbonyl (C=O) groups is 2. The Balaban J connectivity index is 2.01. The molecule has 5 nitrogen and oxygen atoms in total. The first-order chi connectivity index (χ1) is 8.97. The average molecular weight is 262 g/mol. The third-order valence-electron chi connectivity index (χ3n) is 3.61. The largest absolute Gasteiger partial charge is 0.478 e. The Morgan fingerprint density at radius 2 is 2.26 bits per heavy atom. The Hall–Kier alpha value is -1.91.